The summed E-state index contributed by atoms with van der Waals surface area (Å²) in [6, 6.07) is 27.3. The van der Waals surface area contributed by atoms with Gasteiger partial charge in [-0.05, 0) is 24.3 Å². The zero-order valence-corrected chi connectivity index (χ0v) is 15.2. The minimum atomic E-state index is -0.713. The molecule has 1 saturated heterocycles. The molecule has 0 spiro atoms. The van der Waals surface area contributed by atoms with Gasteiger partial charge in [-0.1, -0.05) is 66.7 Å². The third kappa shape index (κ3) is 3.69. The molecule has 4 rings (SSSR count). The van der Waals surface area contributed by atoms with Crippen LogP contribution in [0, 0.1) is 0 Å². The standard InChI is InChI=1S/C23H19N3O2/c27-22(19-14-8-3-9-15-19)24-20-21(18-12-6-2-7-13-18)26(25-23(20)28)16-17-10-4-1-5-11-17/h1-16,20-21H,(H-,24,25,27,28)/p+1/b26-16-/t20-,21-/m0/s1. The quantitative estimate of drug-likeness (QED) is 0.694. The Kier molecular flexibility index (Phi) is 4.97. The third-order valence-electron chi connectivity index (χ3n) is 4.69. The minimum absolute atomic E-state index is 0.245. The molecule has 0 saturated carbocycles. The molecule has 2 N–H and O–H groups in total. The van der Waals surface area contributed by atoms with E-state index in [0.29, 0.717) is 5.56 Å². The molecule has 5 heteroatoms. The molecule has 2 amide bonds. The van der Waals surface area contributed by atoms with Crippen LogP contribution in [-0.2, 0) is 4.79 Å². The van der Waals surface area contributed by atoms with Crippen LogP contribution < -0.4 is 10.7 Å². The number of hydrazone groups is 1. The van der Waals surface area contributed by atoms with Crippen molar-refractivity contribution in [2.45, 2.75) is 12.1 Å². The van der Waals surface area contributed by atoms with Crippen molar-refractivity contribution in [2.75, 3.05) is 0 Å². The van der Waals surface area contributed by atoms with E-state index >= 15 is 0 Å². The number of carbonyl (C=O) groups excluding carboxylic acids is 2. The number of amides is 2. The van der Waals surface area contributed by atoms with Gasteiger partial charge in [0.2, 0.25) is 12.3 Å². The van der Waals surface area contributed by atoms with Gasteiger partial charge in [0, 0.05) is 16.7 Å². The Balaban J connectivity index is 1.69. The minimum Gasteiger partial charge on any atom is -0.334 e. The van der Waals surface area contributed by atoms with Gasteiger partial charge in [-0.25, -0.2) is 0 Å². The summed E-state index contributed by atoms with van der Waals surface area (Å²) in [5.41, 5.74) is 5.30. The number of hydrazine groups is 1. The smallest absolute Gasteiger partial charge is 0.304 e. The van der Waals surface area contributed by atoms with Crippen LogP contribution >= 0.6 is 0 Å². The lowest BCUT2D eigenvalue weighted by molar-refractivity contribution is -0.596. The van der Waals surface area contributed by atoms with Crippen LogP contribution in [0.3, 0.4) is 0 Å². The second-order valence-corrected chi connectivity index (χ2v) is 6.60. The molecule has 0 radical (unpaired) electrons. The number of benzene rings is 3. The number of hydrogen-bond acceptors (Lipinski definition) is 2. The average molecular weight is 370 g/mol. The summed E-state index contributed by atoms with van der Waals surface area (Å²) in [5.74, 6) is -0.520. The van der Waals surface area contributed by atoms with Crippen LogP contribution in [-0.4, -0.2) is 28.8 Å². The first-order chi connectivity index (χ1) is 13.7. The van der Waals surface area contributed by atoms with Gasteiger partial charge in [-0.3, -0.25) is 9.59 Å². The molecule has 0 bridgehead atoms. The maximum absolute atomic E-state index is 12.7. The predicted octanol–water partition coefficient (Wildman–Crippen LogP) is 2.70. The Hall–Kier alpha value is -3.73. The maximum Gasteiger partial charge on any atom is 0.304 e. The molecule has 2 atom stereocenters. The molecule has 0 unspecified atom stereocenters. The molecular formula is C23H20N3O2+. The zero-order valence-electron chi connectivity index (χ0n) is 15.2. The van der Waals surface area contributed by atoms with Crippen molar-refractivity contribution in [1.29, 1.82) is 0 Å². The largest absolute Gasteiger partial charge is 0.334 e. The van der Waals surface area contributed by atoms with Gasteiger partial charge < -0.3 is 5.32 Å². The Bertz CT molecular complexity index is 1000. The number of rotatable bonds is 4. The lowest BCUT2D eigenvalue weighted by Crippen LogP contribution is -2.42. The molecule has 3 aromatic carbocycles. The number of hydrogen-bond donors (Lipinski definition) is 2. The number of nitrogens with one attached hydrogen (secondary N) is 2. The van der Waals surface area contributed by atoms with Crippen molar-refractivity contribution in [3.8, 4) is 0 Å². The number of nitrogens with zero attached hydrogens (tertiary/aromatic N) is 1. The molecule has 0 aromatic heterocycles. The van der Waals surface area contributed by atoms with Crippen molar-refractivity contribution in [1.82, 2.24) is 10.7 Å². The van der Waals surface area contributed by atoms with Crippen LogP contribution in [0.2, 0.25) is 0 Å². The lowest BCUT2D eigenvalue weighted by atomic mass is 10.00. The van der Waals surface area contributed by atoms with E-state index in [1.165, 1.54) is 0 Å². The highest BCUT2D eigenvalue weighted by Gasteiger charge is 2.47. The first-order valence-electron chi connectivity index (χ1n) is 9.12. The van der Waals surface area contributed by atoms with E-state index in [0.717, 1.165) is 11.1 Å². The summed E-state index contributed by atoms with van der Waals surface area (Å²) in [5, 5.41) is 2.90. The topological polar surface area (TPSA) is 61.2 Å². The molecule has 0 aliphatic carbocycles. The van der Waals surface area contributed by atoms with Gasteiger partial charge in [-0.15, -0.1) is 10.1 Å². The third-order valence-corrected chi connectivity index (χ3v) is 4.69. The SMILES string of the molecule is O=C(N[C@@H]1C(=O)N/[N+](=C\c2ccccc2)[C@H]1c1ccccc1)c1ccccc1. The fourth-order valence-electron chi connectivity index (χ4n) is 3.34. The van der Waals surface area contributed by atoms with Crippen LogP contribution in [0.15, 0.2) is 91.0 Å². The summed E-state index contributed by atoms with van der Waals surface area (Å²) < 4.78 is 1.77. The Morgan fingerprint density at radius 1 is 0.857 bits per heavy atom. The summed E-state index contributed by atoms with van der Waals surface area (Å²) in [4.78, 5) is 25.4. The fourth-order valence-corrected chi connectivity index (χ4v) is 3.34. The molecule has 5 nitrogen and oxygen atoms in total. The van der Waals surface area contributed by atoms with Crippen molar-refractivity contribution in [3.63, 3.8) is 0 Å². The summed E-state index contributed by atoms with van der Waals surface area (Å²) in [6.45, 7) is 0. The van der Waals surface area contributed by atoms with Gasteiger partial charge in [0.1, 0.15) is 0 Å². The van der Waals surface area contributed by atoms with E-state index in [9.17, 15) is 9.59 Å². The van der Waals surface area contributed by atoms with Crippen LogP contribution in [0.5, 0.6) is 0 Å². The highest BCUT2D eigenvalue weighted by molar-refractivity contribution is 5.98. The normalized spacial score (nSPS) is 20.0. The first kappa shape index (κ1) is 17.7. The highest BCUT2D eigenvalue weighted by Crippen LogP contribution is 2.25. The summed E-state index contributed by atoms with van der Waals surface area (Å²) in [6.07, 6.45) is 1.88. The predicted molar refractivity (Wildman–Crippen MR) is 107 cm³/mol. The van der Waals surface area contributed by atoms with Crippen molar-refractivity contribution >= 4 is 18.0 Å². The average Bonchev–Trinajstić information content (AvgIpc) is 3.04. The van der Waals surface area contributed by atoms with Gasteiger partial charge >= 0.3 is 5.91 Å². The van der Waals surface area contributed by atoms with E-state index in [1.807, 2.05) is 72.9 Å². The van der Waals surface area contributed by atoms with E-state index in [1.54, 1.807) is 28.9 Å². The van der Waals surface area contributed by atoms with Crippen LogP contribution in [0.1, 0.15) is 27.5 Å². The highest BCUT2D eigenvalue weighted by atomic mass is 16.2. The van der Waals surface area contributed by atoms with Crippen LogP contribution in [0.4, 0.5) is 0 Å². The fraction of sp³-hybridized carbons (Fsp3) is 0.0870. The molecule has 1 fully saturated rings. The molecule has 1 heterocycles. The second kappa shape index (κ2) is 7.88. The lowest BCUT2D eigenvalue weighted by Gasteiger charge is -2.14. The Morgan fingerprint density at radius 3 is 2.07 bits per heavy atom. The van der Waals surface area contributed by atoms with Crippen molar-refractivity contribution in [2.24, 2.45) is 0 Å². The maximum atomic E-state index is 12.7. The van der Waals surface area contributed by atoms with Gasteiger partial charge in [0.15, 0.2) is 6.04 Å². The van der Waals surface area contributed by atoms with E-state index in [-0.39, 0.29) is 17.9 Å². The van der Waals surface area contributed by atoms with Gasteiger partial charge in [0.25, 0.3) is 5.91 Å². The van der Waals surface area contributed by atoms with Gasteiger partial charge in [-0.2, -0.15) is 0 Å². The number of carbonyl (C=O) groups is 2. The molecular weight excluding hydrogens is 350 g/mol. The van der Waals surface area contributed by atoms with Gasteiger partial charge in [0.05, 0.1) is 0 Å². The van der Waals surface area contributed by atoms with E-state index in [4.69, 9.17) is 0 Å². The van der Waals surface area contributed by atoms with E-state index in [2.05, 4.69) is 10.7 Å². The Labute approximate surface area is 163 Å². The van der Waals surface area contributed by atoms with E-state index < -0.39 is 6.04 Å². The Morgan fingerprint density at radius 2 is 1.43 bits per heavy atom. The monoisotopic (exact) mass is 370 g/mol. The summed E-state index contributed by atoms with van der Waals surface area (Å²) in [7, 11) is 0. The van der Waals surface area contributed by atoms with Crippen molar-refractivity contribution in [3.05, 3.63) is 108 Å². The van der Waals surface area contributed by atoms with Crippen molar-refractivity contribution < 1.29 is 14.3 Å². The zero-order chi connectivity index (χ0) is 19.3. The second-order valence-electron chi connectivity index (χ2n) is 6.60. The first-order valence-corrected chi connectivity index (χ1v) is 9.12. The molecule has 1 aliphatic heterocycles. The van der Waals surface area contributed by atoms with Crippen LogP contribution in [0.25, 0.3) is 0 Å². The molecule has 1 aliphatic rings. The molecule has 138 valence electrons. The molecule has 3 aromatic rings. The summed E-state index contributed by atoms with van der Waals surface area (Å²) >= 11 is 0. The molecule has 28 heavy (non-hydrogen) atoms.